The summed E-state index contributed by atoms with van der Waals surface area (Å²) in [5.74, 6) is -1.52. The van der Waals surface area contributed by atoms with Crippen molar-refractivity contribution in [2.45, 2.75) is 76.3 Å². The first-order valence-corrected chi connectivity index (χ1v) is 13.2. The lowest BCUT2D eigenvalue weighted by molar-refractivity contribution is -0.144. The topological polar surface area (TPSA) is 40.5 Å². The lowest BCUT2D eigenvalue weighted by atomic mass is 9.75. The molecule has 208 valence electrons. The highest BCUT2D eigenvalue weighted by atomic mass is 19.4. The molecule has 2 aliphatic rings. The van der Waals surface area contributed by atoms with Crippen LogP contribution < -0.4 is 0 Å². The first kappa shape index (κ1) is 28.5. The van der Waals surface area contributed by atoms with Gasteiger partial charge in [0.25, 0.3) is 0 Å². The molecule has 0 amide bonds. The largest absolute Gasteiger partial charge is 0.481 e. The van der Waals surface area contributed by atoms with E-state index in [1.54, 1.807) is 6.92 Å². The molecule has 1 saturated carbocycles. The maximum Gasteiger partial charge on any atom is 0.416 e. The zero-order valence-corrected chi connectivity index (χ0v) is 21.2. The molecule has 1 heterocycles. The quantitative estimate of drug-likeness (QED) is 0.373. The molecular formula is C29H33F6NO2. The van der Waals surface area contributed by atoms with Gasteiger partial charge in [-0.15, -0.1) is 0 Å². The number of nitrogens with zero attached hydrogens (tertiary/aromatic N) is 1. The third-order valence-corrected chi connectivity index (χ3v) is 8.44. The SMILES string of the molecule is CC(C(=O)O)C1CCN(C(c2ccc(C(F)(F)F)cc2)C2CCCCC2)C(c2ccc(C(F)(F)F)cc2)C1. The van der Waals surface area contributed by atoms with Crippen LogP contribution in [0.2, 0.25) is 0 Å². The van der Waals surface area contributed by atoms with Crippen molar-refractivity contribution in [3.05, 3.63) is 70.8 Å². The van der Waals surface area contributed by atoms with Crippen LogP contribution in [0, 0.1) is 17.8 Å². The summed E-state index contributed by atoms with van der Waals surface area (Å²) in [4.78, 5) is 14.0. The first-order chi connectivity index (χ1) is 17.9. The van der Waals surface area contributed by atoms with Gasteiger partial charge >= 0.3 is 18.3 Å². The fraction of sp³-hybridized carbons (Fsp3) is 0.552. The van der Waals surface area contributed by atoms with Crippen molar-refractivity contribution in [3.63, 3.8) is 0 Å². The fourth-order valence-corrected chi connectivity index (χ4v) is 6.27. The van der Waals surface area contributed by atoms with Crippen LogP contribution in [0.5, 0.6) is 0 Å². The molecule has 2 aromatic rings. The van der Waals surface area contributed by atoms with Crippen LogP contribution in [0.3, 0.4) is 0 Å². The number of carbonyl (C=O) groups is 1. The monoisotopic (exact) mass is 541 g/mol. The summed E-state index contributed by atoms with van der Waals surface area (Å²) in [7, 11) is 0. The second-order valence-electron chi connectivity index (χ2n) is 10.7. The van der Waals surface area contributed by atoms with E-state index in [4.69, 9.17) is 0 Å². The summed E-state index contributed by atoms with van der Waals surface area (Å²) in [6, 6.07) is 9.68. The number of carboxylic acid groups (broad SMARTS) is 1. The Kier molecular flexibility index (Phi) is 8.45. The average Bonchev–Trinajstić information content (AvgIpc) is 2.88. The number of alkyl halides is 6. The number of carboxylic acids is 1. The number of piperidine rings is 1. The van der Waals surface area contributed by atoms with Crippen LogP contribution >= 0.6 is 0 Å². The van der Waals surface area contributed by atoms with Gasteiger partial charge in [0, 0.05) is 12.1 Å². The zero-order valence-electron chi connectivity index (χ0n) is 21.2. The molecule has 3 nitrogen and oxygen atoms in total. The highest BCUT2D eigenvalue weighted by Gasteiger charge is 2.41. The molecule has 38 heavy (non-hydrogen) atoms. The first-order valence-electron chi connectivity index (χ1n) is 13.2. The average molecular weight is 542 g/mol. The molecule has 9 heteroatoms. The summed E-state index contributed by atoms with van der Waals surface area (Å²) in [5, 5.41) is 9.64. The maximum absolute atomic E-state index is 13.3. The molecule has 0 radical (unpaired) electrons. The summed E-state index contributed by atoms with van der Waals surface area (Å²) in [5.41, 5.74) is -0.0675. The Balaban J connectivity index is 1.74. The molecule has 4 rings (SSSR count). The predicted molar refractivity (Wildman–Crippen MR) is 131 cm³/mol. The van der Waals surface area contributed by atoms with E-state index in [1.165, 1.54) is 24.3 Å². The molecule has 1 saturated heterocycles. The van der Waals surface area contributed by atoms with E-state index in [9.17, 15) is 36.2 Å². The lowest BCUT2D eigenvalue weighted by Gasteiger charge is -2.48. The molecule has 2 fully saturated rings. The number of rotatable bonds is 6. The smallest absolute Gasteiger partial charge is 0.416 e. The minimum absolute atomic E-state index is 0.171. The van der Waals surface area contributed by atoms with E-state index in [-0.39, 0.29) is 23.9 Å². The Bertz CT molecular complexity index is 1070. The summed E-state index contributed by atoms with van der Waals surface area (Å²) in [6.45, 7) is 2.16. The Morgan fingerprint density at radius 2 is 1.34 bits per heavy atom. The molecule has 1 N–H and O–H groups in total. The van der Waals surface area contributed by atoms with Crippen LogP contribution in [-0.2, 0) is 17.1 Å². The standard InChI is InChI=1S/C29H33F6NO2/c1-18(27(37)38)22-15-16-36(25(17-22)19-7-11-23(12-8-19)28(30,31)32)26(20-5-3-2-4-6-20)21-9-13-24(14-10-21)29(33,34)35/h7-14,18,20,22,25-26H,2-6,15-17H2,1H3,(H,37,38). The predicted octanol–water partition coefficient (Wildman–Crippen LogP) is 8.52. The molecule has 1 aliphatic carbocycles. The second-order valence-corrected chi connectivity index (χ2v) is 10.7. The Morgan fingerprint density at radius 1 is 0.816 bits per heavy atom. The van der Waals surface area contributed by atoms with Crippen molar-refractivity contribution in [3.8, 4) is 0 Å². The third kappa shape index (κ3) is 6.35. The van der Waals surface area contributed by atoms with Gasteiger partial charge in [0.2, 0.25) is 0 Å². The summed E-state index contributed by atoms with van der Waals surface area (Å²) in [6.07, 6.45) is -2.94. The van der Waals surface area contributed by atoms with Gasteiger partial charge in [-0.05, 0) is 79.5 Å². The minimum atomic E-state index is -4.48. The Hall–Kier alpha value is -2.55. The molecule has 2 aromatic carbocycles. The van der Waals surface area contributed by atoms with Crippen LogP contribution in [0.4, 0.5) is 26.3 Å². The van der Waals surface area contributed by atoms with E-state index in [2.05, 4.69) is 4.90 Å². The van der Waals surface area contributed by atoms with E-state index in [0.29, 0.717) is 24.9 Å². The highest BCUT2D eigenvalue weighted by molar-refractivity contribution is 5.69. The van der Waals surface area contributed by atoms with E-state index in [0.717, 1.165) is 61.9 Å². The number of benzene rings is 2. The molecule has 4 unspecified atom stereocenters. The molecule has 0 aromatic heterocycles. The Labute approximate surface area is 218 Å². The number of halogens is 6. The van der Waals surface area contributed by atoms with Crippen LogP contribution in [0.1, 0.15) is 86.2 Å². The zero-order chi connectivity index (χ0) is 27.7. The molecule has 0 bridgehead atoms. The van der Waals surface area contributed by atoms with Gasteiger partial charge in [-0.1, -0.05) is 50.5 Å². The van der Waals surface area contributed by atoms with Crippen molar-refractivity contribution in [1.29, 1.82) is 0 Å². The molecule has 1 aliphatic heterocycles. The van der Waals surface area contributed by atoms with Gasteiger partial charge in [-0.25, -0.2) is 0 Å². The molecule has 0 spiro atoms. The van der Waals surface area contributed by atoms with Crippen LogP contribution in [-0.4, -0.2) is 22.5 Å². The lowest BCUT2D eigenvalue weighted by Crippen LogP contribution is -2.44. The van der Waals surface area contributed by atoms with Crippen molar-refractivity contribution in [2.75, 3.05) is 6.54 Å². The number of hydrogen-bond acceptors (Lipinski definition) is 2. The minimum Gasteiger partial charge on any atom is -0.481 e. The van der Waals surface area contributed by atoms with Gasteiger partial charge in [0.05, 0.1) is 17.0 Å². The van der Waals surface area contributed by atoms with E-state index in [1.807, 2.05) is 0 Å². The molecular weight excluding hydrogens is 508 g/mol. The number of aliphatic carboxylic acids is 1. The number of hydrogen-bond donors (Lipinski definition) is 1. The van der Waals surface area contributed by atoms with Gasteiger partial charge in [0.15, 0.2) is 0 Å². The molecule has 4 atom stereocenters. The van der Waals surface area contributed by atoms with Crippen molar-refractivity contribution < 1.29 is 36.2 Å². The van der Waals surface area contributed by atoms with E-state index >= 15 is 0 Å². The van der Waals surface area contributed by atoms with Crippen molar-refractivity contribution >= 4 is 5.97 Å². The summed E-state index contributed by atoms with van der Waals surface area (Å²) >= 11 is 0. The van der Waals surface area contributed by atoms with Crippen molar-refractivity contribution in [2.24, 2.45) is 17.8 Å². The second kappa shape index (κ2) is 11.3. The van der Waals surface area contributed by atoms with Gasteiger partial charge in [-0.2, -0.15) is 26.3 Å². The number of likely N-dealkylation sites (tertiary alicyclic amines) is 1. The third-order valence-electron chi connectivity index (χ3n) is 8.44. The van der Waals surface area contributed by atoms with Gasteiger partial charge < -0.3 is 5.11 Å². The van der Waals surface area contributed by atoms with Gasteiger partial charge in [0.1, 0.15) is 0 Å². The maximum atomic E-state index is 13.3. The summed E-state index contributed by atoms with van der Waals surface area (Å²) < 4.78 is 79.6. The highest BCUT2D eigenvalue weighted by Crippen LogP contribution is 2.48. The van der Waals surface area contributed by atoms with Crippen molar-refractivity contribution in [1.82, 2.24) is 4.90 Å². The normalized spacial score (nSPS) is 23.7. The van der Waals surface area contributed by atoms with Crippen LogP contribution in [0.25, 0.3) is 0 Å². The van der Waals surface area contributed by atoms with Gasteiger partial charge in [-0.3, -0.25) is 9.69 Å². The van der Waals surface area contributed by atoms with E-state index < -0.39 is 35.4 Å². The van der Waals surface area contributed by atoms with Crippen LogP contribution in [0.15, 0.2) is 48.5 Å². The fourth-order valence-electron chi connectivity index (χ4n) is 6.27. The Morgan fingerprint density at radius 3 is 1.84 bits per heavy atom.